The van der Waals surface area contributed by atoms with Crippen LogP contribution in [0, 0.1) is 5.82 Å². The second-order valence-electron chi connectivity index (χ2n) is 3.57. The third-order valence-electron chi connectivity index (χ3n) is 2.35. The molecule has 0 aliphatic heterocycles. The Kier molecular flexibility index (Phi) is 3.48. The number of anilines is 1. The summed E-state index contributed by atoms with van der Waals surface area (Å²) < 4.78 is 13.6. The number of phenolic OH excluding ortho intramolecular Hbond substituents is 1. The molecule has 2 rings (SSSR count). The van der Waals surface area contributed by atoms with Gasteiger partial charge in [0.2, 0.25) is 0 Å². The number of carbonyl (C=O) groups excluding carboxylic acids is 1. The van der Waals surface area contributed by atoms with Gasteiger partial charge < -0.3 is 10.4 Å². The minimum absolute atomic E-state index is 0.0317. The highest BCUT2D eigenvalue weighted by Gasteiger charge is 2.13. The average molecular weight is 266 g/mol. The summed E-state index contributed by atoms with van der Waals surface area (Å²) >= 11 is 5.60. The van der Waals surface area contributed by atoms with E-state index in [2.05, 4.69) is 5.32 Å². The highest BCUT2D eigenvalue weighted by atomic mass is 35.5. The number of nitrogens with one attached hydrogen (secondary N) is 1. The minimum atomic E-state index is -0.706. The Bertz CT molecular complexity index is 601. The molecule has 0 heterocycles. The van der Waals surface area contributed by atoms with Crippen molar-refractivity contribution >= 4 is 23.2 Å². The van der Waals surface area contributed by atoms with Gasteiger partial charge in [0.25, 0.3) is 5.91 Å². The summed E-state index contributed by atoms with van der Waals surface area (Å²) in [7, 11) is 0. The van der Waals surface area contributed by atoms with Gasteiger partial charge in [-0.1, -0.05) is 29.8 Å². The smallest absolute Gasteiger partial charge is 0.259 e. The molecule has 0 saturated heterocycles. The van der Waals surface area contributed by atoms with Crippen LogP contribution in [-0.2, 0) is 0 Å². The van der Waals surface area contributed by atoms with Crippen molar-refractivity contribution in [3.8, 4) is 5.75 Å². The molecule has 2 aromatic carbocycles. The van der Waals surface area contributed by atoms with Crippen molar-refractivity contribution in [3.63, 3.8) is 0 Å². The predicted molar refractivity (Wildman–Crippen MR) is 67.5 cm³/mol. The van der Waals surface area contributed by atoms with Crippen molar-refractivity contribution in [1.82, 2.24) is 0 Å². The van der Waals surface area contributed by atoms with Gasteiger partial charge in [-0.2, -0.15) is 0 Å². The number of halogens is 2. The SMILES string of the molecule is O=C(Nc1cccc(Cl)c1F)c1ccccc1O. The summed E-state index contributed by atoms with van der Waals surface area (Å²) in [6.45, 7) is 0. The molecule has 2 N–H and O–H groups in total. The van der Waals surface area contributed by atoms with E-state index in [0.717, 1.165) is 0 Å². The van der Waals surface area contributed by atoms with Gasteiger partial charge >= 0.3 is 0 Å². The summed E-state index contributed by atoms with van der Waals surface area (Å²) in [5.41, 5.74) is 0.0348. The third kappa shape index (κ3) is 2.43. The maximum absolute atomic E-state index is 13.6. The standard InChI is InChI=1S/C13H9ClFNO2/c14-9-5-3-6-10(12(9)15)16-13(18)8-4-1-2-7-11(8)17/h1-7,17H,(H,16,18). The lowest BCUT2D eigenvalue weighted by atomic mass is 10.2. The topological polar surface area (TPSA) is 49.3 Å². The summed E-state index contributed by atoms with van der Waals surface area (Å²) in [6, 6.07) is 10.3. The van der Waals surface area contributed by atoms with E-state index in [0.29, 0.717) is 0 Å². The van der Waals surface area contributed by atoms with Crippen LogP contribution in [0.25, 0.3) is 0 Å². The first-order valence-electron chi connectivity index (χ1n) is 5.13. The van der Waals surface area contributed by atoms with E-state index >= 15 is 0 Å². The molecule has 5 heteroatoms. The quantitative estimate of drug-likeness (QED) is 0.874. The second kappa shape index (κ2) is 5.06. The molecule has 0 aliphatic rings. The summed E-state index contributed by atoms with van der Waals surface area (Å²) in [6.07, 6.45) is 0. The summed E-state index contributed by atoms with van der Waals surface area (Å²) in [5, 5.41) is 11.8. The van der Waals surface area contributed by atoms with Gasteiger partial charge in [-0.25, -0.2) is 4.39 Å². The van der Waals surface area contributed by atoms with Gasteiger partial charge in [-0.3, -0.25) is 4.79 Å². The average Bonchev–Trinajstić information content (AvgIpc) is 2.35. The fourth-order valence-electron chi connectivity index (χ4n) is 1.46. The molecule has 18 heavy (non-hydrogen) atoms. The van der Waals surface area contributed by atoms with E-state index in [-0.39, 0.29) is 22.0 Å². The molecule has 2 aromatic rings. The molecule has 0 unspecified atom stereocenters. The Balaban J connectivity index is 2.27. The number of hydrogen-bond acceptors (Lipinski definition) is 2. The molecule has 0 atom stereocenters. The zero-order valence-electron chi connectivity index (χ0n) is 9.15. The van der Waals surface area contributed by atoms with Crippen LogP contribution in [0.4, 0.5) is 10.1 Å². The monoisotopic (exact) mass is 265 g/mol. The number of para-hydroxylation sites is 1. The van der Waals surface area contributed by atoms with Crippen molar-refractivity contribution in [2.24, 2.45) is 0 Å². The van der Waals surface area contributed by atoms with E-state index in [1.165, 1.54) is 30.3 Å². The summed E-state index contributed by atoms with van der Waals surface area (Å²) in [5.74, 6) is -1.48. The van der Waals surface area contributed by atoms with E-state index < -0.39 is 11.7 Å². The number of benzene rings is 2. The van der Waals surface area contributed by atoms with E-state index in [1.54, 1.807) is 12.1 Å². The van der Waals surface area contributed by atoms with Crippen LogP contribution in [0.1, 0.15) is 10.4 Å². The molecule has 1 amide bonds. The minimum Gasteiger partial charge on any atom is -0.507 e. The number of hydrogen-bond donors (Lipinski definition) is 2. The van der Waals surface area contributed by atoms with E-state index in [9.17, 15) is 14.3 Å². The molecule has 0 bridgehead atoms. The van der Waals surface area contributed by atoms with Gasteiger partial charge in [-0.05, 0) is 24.3 Å². The maximum Gasteiger partial charge on any atom is 0.259 e. The van der Waals surface area contributed by atoms with Crippen LogP contribution < -0.4 is 5.32 Å². The number of rotatable bonds is 2. The number of phenols is 1. The van der Waals surface area contributed by atoms with Crippen molar-refractivity contribution < 1.29 is 14.3 Å². The predicted octanol–water partition coefficient (Wildman–Crippen LogP) is 3.44. The van der Waals surface area contributed by atoms with Crippen LogP contribution in [0.2, 0.25) is 5.02 Å². The molecule has 92 valence electrons. The maximum atomic E-state index is 13.6. The molecule has 0 radical (unpaired) electrons. The van der Waals surface area contributed by atoms with Crippen LogP contribution in [0.15, 0.2) is 42.5 Å². The van der Waals surface area contributed by atoms with Gasteiger partial charge in [-0.15, -0.1) is 0 Å². The first-order chi connectivity index (χ1) is 8.59. The molecule has 0 aliphatic carbocycles. The van der Waals surface area contributed by atoms with Crippen LogP contribution in [-0.4, -0.2) is 11.0 Å². The first-order valence-corrected chi connectivity index (χ1v) is 5.51. The van der Waals surface area contributed by atoms with Crippen LogP contribution in [0.5, 0.6) is 5.75 Å². The van der Waals surface area contributed by atoms with E-state index in [1.807, 2.05) is 0 Å². The molecular weight excluding hydrogens is 257 g/mol. The molecule has 0 aromatic heterocycles. The highest BCUT2D eigenvalue weighted by Crippen LogP contribution is 2.23. The molecule has 0 fully saturated rings. The van der Waals surface area contributed by atoms with Crippen molar-refractivity contribution in [3.05, 3.63) is 58.9 Å². The molecular formula is C13H9ClFNO2. The Hall–Kier alpha value is -2.07. The van der Waals surface area contributed by atoms with Crippen molar-refractivity contribution in [2.45, 2.75) is 0 Å². The zero-order valence-corrected chi connectivity index (χ0v) is 9.91. The summed E-state index contributed by atoms with van der Waals surface area (Å²) in [4.78, 5) is 11.8. The normalized spacial score (nSPS) is 10.1. The Morgan fingerprint density at radius 1 is 1.17 bits per heavy atom. The fourth-order valence-corrected chi connectivity index (χ4v) is 1.63. The van der Waals surface area contributed by atoms with Gasteiger partial charge in [0.1, 0.15) is 5.75 Å². The van der Waals surface area contributed by atoms with Crippen LogP contribution >= 0.6 is 11.6 Å². The lowest BCUT2D eigenvalue weighted by molar-refractivity contribution is 0.102. The van der Waals surface area contributed by atoms with Gasteiger partial charge in [0, 0.05) is 0 Å². The van der Waals surface area contributed by atoms with Crippen molar-refractivity contribution in [1.29, 1.82) is 0 Å². The molecule has 0 saturated carbocycles. The molecule has 0 spiro atoms. The lowest BCUT2D eigenvalue weighted by Crippen LogP contribution is -2.13. The van der Waals surface area contributed by atoms with E-state index in [4.69, 9.17) is 11.6 Å². The Labute approximate surface area is 108 Å². The van der Waals surface area contributed by atoms with Gasteiger partial charge in [0.15, 0.2) is 5.82 Å². The number of amides is 1. The number of carbonyl (C=O) groups is 1. The third-order valence-corrected chi connectivity index (χ3v) is 2.64. The first kappa shape index (κ1) is 12.4. The zero-order chi connectivity index (χ0) is 13.1. The lowest BCUT2D eigenvalue weighted by Gasteiger charge is -2.08. The van der Waals surface area contributed by atoms with Gasteiger partial charge in [0.05, 0.1) is 16.3 Å². The second-order valence-corrected chi connectivity index (χ2v) is 3.98. The Morgan fingerprint density at radius 2 is 1.89 bits per heavy atom. The van der Waals surface area contributed by atoms with Crippen molar-refractivity contribution in [2.75, 3.05) is 5.32 Å². The molecule has 3 nitrogen and oxygen atoms in total. The number of aromatic hydroxyl groups is 1. The Morgan fingerprint density at radius 3 is 2.61 bits per heavy atom. The van der Waals surface area contributed by atoms with Crippen LogP contribution in [0.3, 0.4) is 0 Å². The largest absolute Gasteiger partial charge is 0.507 e. The highest BCUT2D eigenvalue weighted by molar-refractivity contribution is 6.31. The fraction of sp³-hybridized carbons (Fsp3) is 0.